The molecule has 0 saturated heterocycles. The number of hydrogen-bond acceptors (Lipinski definition) is 2. The van der Waals surface area contributed by atoms with Crippen molar-refractivity contribution in [3.05, 3.63) is 55.4 Å². The van der Waals surface area contributed by atoms with Gasteiger partial charge in [0, 0.05) is 30.8 Å². The van der Waals surface area contributed by atoms with Gasteiger partial charge in [0.25, 0.3) is 0 Å². The van der Waals surface area contributed by atoms with Crippen molar-refractivity contribution in [1.82, 2.24) is 0 Å². The summed E-state index contributed by atoms with van der Waals surface area (Å²) in [6.07, 6.45) is 0. The Morgan fingerprint density at radius 1 is 1.05 bits per heavy atom. The summed E-state index contributed by atoms with van der Waals surface area (Å²) in [7, 11) is 0. The number of rotatable bonds is 3. The zero-order valence-corrected chi connectivity index (χ0v) is 14.8. The largest absolute Gasteiger partial charge is 0.392 e. The third-order valence-corrected chi connectivity index (χ3v) is 3.92. The number of nitrogens with one attached hydrogen (secondary N) is 2. The first-order valence-corrected chi connectivity index (χ1v) is 7.94. The second kappa shape index (κ2) is 7.53. The van der Waals surface area contributed by atoms with Crippen molar-refractivity contribution in [1.29, 1.82) is 0 Å². The summed E-state index contributed by atoms with van der Waals surface area (Å²) in [6.45, 7) is -0.325. The van der Waals surface area contributed by atoms with Gasteiger partial charge in [0.15, 0.2) is 0 Å². The predicted octanol–water partition coefficient (Wildman–Crippen LogP) is 5.55. The zero-order valence-electron chi connectivity index (χ0n) is 11.0. The van der Waals surface area contributed by atoms with Gasteiger partial charge in [0.1, 0.15) is 0 Å². The summed E-state index contributed by atoms with van der Waals surface area (Å²) in [5.74, 6) is 0. The average Bonchev–Trinajstić information content (AvgIpc) is 2.36. The van der Waals surface area contributed by atoms with Gasteiger partial charge in [-0.2, -0.15) is 0 Å². The summed E-state index contributed by atoms with van der Waals surface area (Å²) < 4.78 is 0.733. The third kappa shape index (κ3) is 4.51. The van der Waals surface area contributed by atoms with E-state index in [1.165, 1.54) is 12.1 Å². The van der Waals surface area contributed by atoms with E-state index in [-0.39, 0.29) is 11.6 Å². The molecule has 2 aromatic rings. The second-order valence-electron chi connectivity index (χ2n) is 4.31. The molecule has 0 atom stereocenters. The summed E-state index contributed by atoms with van der Waals surface area (Å²) in [4.78, 5) is 12.0. The molecular weight excluding hydrogens is 414 g/mol. The maximum absolute atomic E-state index is 12.0. The van der Waals surface area contributed by atoms with Gasteiger partial charge < -0.3 is 15.7 Å². The fraction of sp³-hybridized carbons (Fsp3) is 0.0714. The molecule has 2 amide bonds. The van der Waals surface area contributed by atoms with Crippen LogP contribution < -0.4 is 10.6 Å². The molecule has 0 bridgehead atoms. The molecule has 0 fully saturated rings. The highest BCUT2D eigenvalue weighted by Gasteiger charge is 2.12. The summed E-state index contributed by atoms with van der Waals surface area (Å²) in [5, 5.41) is 15.7. The molecule has 0 radical (unpaired) electrons. The number of urea groups is 1. The van der Waals surface area contributed by atoms with Gasteiger partial charge in [0.05, 0.1) is 12.3 Å². The lowest BCUT2D eigenvalue weighted by atomic mass is 10.2. The van der Waals surface area contributed by atoms with Crippen molar-refractivity contribution in [2.75, 3.05) is 10.6 Å². The monoisotopic (exact) mass is 422 g/mol. The lowest BCUT2D eigenvalue weighted by molar-refractivity contribution is 0.262. The summed E-state index contributed by atoms with van der Waals surface area (Å²) in [5.41, 5.74) is 1.22. The molecule has 0 unspecified atom stereocenters. The van der Waals surface area contributed by atoms with Crippen molar-refractivity contribution in [2.24, 2.45) is 0 Å². The molecule has 0 heterocycles. The molecule has 2 rings (SSSR count). The topological polar surface area (TPSA) is 61.4 Å². The van der Waals surface area contributed by atoms with Crippen LogP contribution >= 0.6 is 50.7 Å². The van der Waals surface area contributed by atoms with Crippen molar-refractivity contribution in [3.63, 3.8) is 0 Å². The Morgan fingerprint density at radius 2 is 1.73 bits per heavy atom. The van der Waals surface area contributed by atoms with E-state index in [2.05, 4.69) is 26.6 Å². The Kier molecular flexibility index (Phi) is 5.94. The lowest BCUT2D eigenvalue weighted by Crippen LogP contribution is -2.20. The van der Waals surface area contributed by atoms with Gasteiger partial charge >= 0.3 is 6.03 Å². The number of amides is 2. The van der Waals surface area contributed by atoms with Gasteiger partial charge in [-0.15, -0.1) is 0 Å². The predicted molar refractivity (Wildman–Crippen MR) is 94.2 cm³/mol. The smallest absolute Gasteiger partial charge is 0.323 e. The van der Waals surface area contributed by atoms with Crippen LogP contribution in [0.4, 0.5) is 16.2 Å². The van der Waals surface area contributed by atoms with E-state index in [1.807, 2.05) is 0 Å². The van der Waals surface area contributed by atoms with E-state index >= 15 is 0 Å². The molecule has 8 heteroatoms. The Bertz CT molecular complexity index is 705. The summed E-state index contributed by atoms with van der Waals surface area (Å²) >= 11 is 21.1. The molecule has 116 valence electrons. The van der Waals surface area contributed by atoms with Crippen molar-refractivity contribution < 1.29 is 9.90 Å². The number of halogens is 4. The van der Waals surface area contributed by atoms with Crippen LogP contribution in [0.3, 0.4) is 0 Å². The van der Waals surface area contributed by atoms with Crippen LogP contribution in [0.25, 0.3) is 0 Å². The first-order valence-electron chi connectivity index (χ1n) is 6.02. The normalized spacial score (nSPS) is 10.4. The highest BCUT2D eigenvalue weighted by molar-refractivity contribution is 9.10. The van der Waals surface area contributed by atoms with E-state index in [9.17, 15) is 9.90 Å². The molecule has 4 nitrogen and oxygen atoms in total. The second-order valence-corrected chi connectivity index (χ2v) is 6.50. The molecule has 3 N–H and O–H groups in total. The van der Waals surface area contributed by atoms with Crippen LogP contribution in [0.5, 0.6) is 0 Å². The number of carbonyl (C=O) groups is 1. The van der Waals surface area contributed by atoms with Crippen LogP contribution in [0, 0.1) is 0 Å². The number of hydrogen-bond donors (Lipinski definition) is 3. The molecule has 0 aliphatic carbocycles. The van der Waals surface area contributed by atoms with Crippen LogP contribution in [-0.2, 0) is 6.61 Å². The Balaban J connectivity index is 2.19. The number of aliphatic hydroxyl groups is 1. The van der Waals surface area contributed by atoms with E-state index in [0.717, 1.165) is 4.47 Å². The zero-order chi connectivity index (χ0) is 16.3. The Labute approximate surface area is 150 Å². The Hall–Kier alpha value is -0.980. The van der Waals surface area contributed by atoms with E-state index in [4.69, 9.17) is 34.8 Å². The maximum Gasteiger partial charge on any atom is 0.323 e. The maximum atomic E-state index is 12.0. The van der Waals surface area contributed by atoms with Crippen LogP contribution in [0.15, 0.2) is 34.8 Å². The van der Waals surface area contributed by atoms with Crippen LogP contribution in [0.1, 0.15) is 5.56 Å². The molecular formula is C14H10BrCl3N2O2. The molecule has 0 aliphatic rings. The van der Waals surface area contributed by atoms with Crippen LogP contribution in [0.2, 0.25) is 15.1 Å². The average molecular weight is 425 g/mol. The molecule has 0 aromatic heterocycles. The number of anilines is 2. The standard InChI is InChI=1S/C14H10BrCl3N2O2/c15-7-1-8(16)3-10(2-7)19-14(22)20-13-5-9(17)4-12(18)11(13)6-21/h1-5,21H,6H2,(H2,19,20,22). The van der Waals surface area contributed by atoms with Gasteiger partial charge in [-0.3, -0.25) is 0 Å². The number of carbonyl (C=O) groups excluding carboxylic acids is 1. The van der Waals surface area contributed by atoms with Crippen LogP contribution in [-0.4, -0.2) is 11.1 Å². The van der Waals surface area contributed by atoms with E-state index in [0.29, 0.717) is 27.0 Å². The minimum Gasteiger partial charge on any atom is -0.392 e. The van der Waals surface area contributed by atoms with E-state index < -0.39 is 6.03 Å². The third-order valence-electron chi connectivity index (χ3n) is 2.69. The SMILES string of the molecule is O=C(Nc1cc(Cl)cc(Br)c1)Nc1cc(Cl)cc(Cl)c1CO. The van der Waals surface area contributed by atoms with Gasteiger partial charge in [-0.1, -0.05) is 50.7 Å². The minimum atomic E-state index is -0.512. The molecule has 22 heavy (non-hydrogen) atoms. The summed E-state index contributed by atoms with van der Waals surface area (Å²) in [6, 6.07) is 7.48. The molecule has 2 aromatic carbocycles. The van der Waals surface area contributed by atoms with Crippen molar-refractivity contribution in [3.8, 4) is 0 Å². The van der Waals surface area contributed by atoms with Gasteiger partial charge in [-0.05, 0) is 30.3 Å². The Morgan fingerprint density at radius 3 is 2.36 bits per heavy atom. The lowest BCUT2D eigenvalue weighted by Gasteiger charge is -2.13. The van der Waals surface area contributed by atoms with Gasteiger partial charge in [-0.25, -0.2) is 4.79 Å². The fourth-order valence-corrected chi connectivity index (χ4v) is 3.20. The number of aliphatic hydroxyl groups excluding tert-OH is 1. The fourth-order valence-electron chi connectivity index (χ4n) is 1.79. The van der Waals surface area contributed by atoms with E-state index in [1.54, 1.807) is 18.2 Å². The quantitative estimate of drug-likeness (QED) is 0.605. The highest BCUT2D eigenvalue weighted by Crippen LogP contribution is 2.29. The highest BCUT2D eigenvalue weighted by atomic mass is 79.9. The first-order chi connectivity index (χ1) is 10.4. The molecule has 0 spiro atoms. The van der Waals surface area contributed by atoms with Crippen molar-refractivity contribution >= 4 is 68.1 Å². The minimum absolute atomic E-state index is 0.274. The molecule has 0 aliphatic heterocycles. The molecule has 0 saturated carbocycles. The number of benzene rings is 2. The van der Waals surface area contributed by atoms with Crippen molar-refractivity contribution in [2.45, 2.75) is 6.61 Å². The first kappa shape index (κ1) is 17.4. The van der Waals surface area contributed by atoms with Gasteiger partial charge in [0.2, 0.25) is 0 Å².